The summed E-state index contributed by atoms with van der Waals surface area (Å²) in [6.45, 7) is 3.74. The fourth-order valence-corrected chi connectivity index (χ4v) is 2.68. The second-order valence-corrected chi connectivity index (χ2v) is 5.91. The molecule has 26 heavy (non-hydrogen) atoms. The molecule has 0 aliphatic carbocycles. The number of aryl methyl sites for hydroxylation is 2. The predicted octanol–water partition coefficient (Wildman–Crippen LogP) is 4.29. The van der Waals surface area contributed by atoms with Crippen molar-refractivity contribution < 1.29 is 9.72 Å². The Labute approximate surface area is 150 Å². The normalized spacial score (nSPS) is 11.4. The Balaban J connectivity index is 2.09. The number of Topliss-reactive ketones (excluding diaryl/α,β-unsaturated/α-hetero) is 1. The minimum Gasteiger partial charge on any atom is -0.287 e. The lowest BCUT2D eigenvalue weighted by molar-refractivity contribution is -0.384. The fourth-order valence-electron chi connectivity index (χ4n) is 2.68. The molecule has 3 rings (SSSR count). The van der Waals surface area contributed by atoms with E-state index >= 15 is 0 Å². The molecule has 0 atom stereocenters. The molecule has 0 aliphatic heterocycles. The molecule has 130 valence electrons. The number of hydrogen-bond donors (Lipinski definition) is 0. The topological polar surface area (TPSA) is 78.0 Å². The summed E-state index contributed by atoms with van der Waals surface area (Å²) in [6.07, 6.45) is 1.69. The van der Waals surface area contributed by atoms with Gasteiger partial charge in [-0.25, -0.2) is 4.68 Å². The minimum atomic E-state index is -0.454. The zero-order valence-electron chi connectivity index (χ0n) is 14.4. The smallest absolute Gasteiger partial charge is 0.269 e. The lowest BCUT2D eigenvalue weighted by atomic mass is 10.1. The molecule has 0 N–H and O–H groups in total. The Morgan fingerprint density at radius 2 is 1.73 bits per heavy atom. The van der Waals surface area contributed by atoms with Gasteiger partial charge in [-0.05, 0) is 43.7 Å². The second-order valence-electron chi connectivity index (χ2n) is 5.91. The quantitative estimate of drug-likeness (QED) is 0.298. The van der Waals surface area contributed by atoms with E-state index in [4.69, 9.17) is 0 Å². The van der Waals surface area contributed by atoms with Crippen LogP contribution in [0.25, 0.3) is 11.8 Å². The van der Waals surface area contributed by atoms with E-state index in [0.29, 0.717) is 16.8 Å². The number of non-ortho nitro benzene ring substituents is 1. The Bertz CT molecular complexity index is 987. The van der Waals surface area contributed by atoms with Crippen molar-refractivity contribution in [1.29, 1.82) is 0 Å². The van der Waals surface area contributed by atoms with Gasteiger partial charge in [0, 0.05) is 23.4 Å². The van der Waals surface area contributed by atoms with Crippen molar-refractivity contribution in [2.75, 3.05) is 0 Å². The average Bonchev–Trinajstić information content (AvgIpc) is 2.98. The fraction of sp³-hybridized carbons (Fsp3) is 0.100. The van der Waals surface area contributed by atoms with E-state index in [-0.39, 0.29) is 11.5 Å². The van der Waals surface area contributed by atoms with Gasteiger partial charge in [-0.1, -0.05) is 30.3 Å². The first kappa shape index (κ1) is 17.3. The predicted molar refractivity (Wildman–Crippen MR) is 99.7 cm³/mol. The molecular formula is C20H17N3O3. The second kappa shape index (κ2) is 7.14. The summed E-state index contributed by atoms with van der Waals surface area (Å²) in [4.78, 5) is 23.4. The van der Waals surface area contributed by atoms with Gasteiger partial charge in [0.25, 0.3) is 5.69 Å². The first-order valence-corrected chi connectivity index (χ1v) is 8.05. The number of nitrogens with zero attached hydrogens (tertiary/aromatic N) is 3. The van der Waals surface area contributed by atoms with Crippen molar-refractivity contribution >= 4 is 23.2 Å². The molecule has 0 aliphatic rings. The largest absolute Gasteiger partial charge is 0.287 e. The SMILES string of the molecule is Cc1cc(C)n(/C(=C\c2ccc([N+](=O)[O-])cc2)C(=O)c2ccccc2)n1. The highest BCUT2D eigenvalue weighted by atomic mass is 16.6. The Kier molecular flexibility index (Phi) is 4.75. The number of nitro groups is 1. The van der Waals surface area contributed by atoms with Crippen LogP contribution in [-0.4, -0.2) is 20.5 Å². The van der Waals surface area contributed by atoms with Crippen LogP contribution in [0.2, 0.25) is 0 Å². The molecule has 0 amide bonds. The van der Waals surface area contributed by atoms with Gasteiger partial charge in [0.1, 0.15) is 5.70 Å². The summed E-state index contributed by atoms with van der Waals surface area (Å²) in [5.41, 5.74) is 3.26. The van der Waals surface area contributed by atoms with Crippen LogP contribution < -0.4 is 0 Å². The highest BCUT2D eigenvalue weighted by Crippen LogP contribution is 2.21. The van der Waals surface area contributed by atoms with Gasteiger partial charge in [-0.2, -0.15) is 5.10 Å². The molecule has 6 heteroatoms. The molecule has 2 aromatic carbocycles. The van der Waals surface area contributed by atoms with E-state index in [2.05, 4.69) is 5.10 Å². The summed E-state index contributed by atoms with van der Waals surface area (Å²) < 4.78 is 1.60. The van der Waals surface area contributed by atoms with Crippen molar-refractivity contribution in [1.82, 2.24) is 9.78 Å². The van der Waals surface area contributed by atoms with Gasteiger partial charge in [-0.15, -0.1) is 0 Å². The highest BCUT2D eigenvalue weighted by Gasteiger charge is 2.17. The molecular weight excluding hydrogens is 330 g/mol. The van der Waals surface area contributed by atoms with E-state index in [0.717, 1.165) is 11.4 Å². The molecule has 0 radical (unpaired) electrons. The number of hydrogen-bond acceptors (Lipinski definition) is 4. The summed E-state index contributed by atoms with van der Waals surface area (Å²) in [6, 6.07) is 16.9. The van der Waals surface area contributed by atoms with Crippen LogP contribution in [0.5, 0.6) is 0 Å². The van der Waals surface area contributed by atoms with Gasteiger partial charge in [0.05, 0.1) is 10.6 Å². The van der Waals surface area contributed by atoms with Crippen LogP contribution in [0.1, 0.15) is 27.3 Å². The number of ketones is 1. The van der Waals surface area contributed by atoms with Crippen molar-refractivity contribution in [2.45, 2.75) is 13.8 Å². The Hall–Kier alpha value is -3.54. The molecule has 1 aromatic heterocycles. The van der Waals surface area contributed by atoms with Crippen LogP contribution >= 0.6 is 0 Å². The zero-order chi connectivity index (χ0) is 18.7. The number of allylic oxidation sites excluding steroid dienone is 1. The number of rotatable bonds is 5. The van der Waals surface area contributed by atoms with Crippen LogP contribution in [0.15, 0.2) is 60.7 Å². The average molecular weight is 347 g/mol. The van der Waals surface area contributed by atoms with Gasteiger partial charge in [-0.3, -0.25) is 14.9 Å². The van der Waals surface area contributed by atoms with E-state index < -0.39 is 4.92 Å². The molecule has 0 saturated carbocycles. The van der Waals surface area contributed by atoms with E-state index in [9.17, 15) is 14.9 Å². The molecule has 0 bridgehead atoms. The third-order valence-corrected chi connectivity index (χ3v) is 3.91. The first-order chi connectivity index (χ1) is 12.5. The number of benzene rings is 2. The summed E-state index contributed by atoms with van der Waals surface area (Å²) in [5.74, 6) is -0.171. The lowest BCUT2D eigenvalue weighted by Gasteiger charge is -2.10. The van der Waals surface area contributed by atoms with Crippen LogP contribution in [0.4, 0.5) is 5.69 Å². The van der Waals surface area contributed by atoms with Gasteiger partial charge >= 0.3 is 0 Å². The van der Waals surface area contributed by atoms with Gasteiger partial charge in [0.2, 0.25) is 5.78 Å². The van der Waals surface area contributed by atoms with Crippen LogP contribution in [0.3, 0.4) is 0 Å². The molecule has 0 unspecified atom stereocenters. The van der Waals surface area contributed by atoms with Crippen molar-refractivity contribution in [2.24, 2.45) is 0 Å². The first-order valence-electron chi connectivity index (χ1n) is 8.05. The van der Waals surface area contributed by atoms with Crippen molar-refractivity contribution in [3.8, 4) is 0 Å². The zero-order valence-corrected chi connectivity index (χ0v) is 14.4. The minimum absolute atomic E-state index is 0.00389. The highest BCUT2D eigenvalue weighted by molar-refractivity contribution is 6.27. The molecule has 0 spiro atoms. The van der Waals surface area contributed by atoms with Crippen LogP contribution in [0, 0.1) is 24.0 Å². The Morgan fingerprint density at radius 1 is 1.08 bits per heavy atom. The van der Waals surface area contributed by atoms with Crippen molar-refractivity contribution in [3.63, 3.8) is 0 Å². The van der Waals surface area contributed by atoms with Gasteiger partial charge in [0.15, 0.2) is 0 Å². The van der Waals surface area contributed by atoms with Gasteiger partial charge < -0.3 is 0 Å². The maximum atomic E-state index is 13.0. The van der Waals surface area contributed by atoms with E-state index in [1.54, 1.807) is 47.2 Å². The number of aromatic nitrogens is 2. The maximum absolute atomic E-state index is 13.0. The summed E-state index contributed by atoms with van der Waals surface area (Å²) in [5, 5.41) is 15.2. The molecule has 0 saturated heterocycles. The number of nitro benzene ring substituents is 1. The van der Waals surface area contributed by atoms with E-state index in [1.807, 2.05) is 26.0 Å². The molecule has 0 fully saturated rings. The number of carbonyl (C=O) groups is 1. The molecule has 3 aromatic rings. The molecule has 6 nitrogen and oxygen atoms in total. The third-order valence-electron chi connectivity index (χ3n) is 3.91. The third kappa shape index (κ3) is 3.59. The van der Waals surface area contributed by atoms with Crippen molar-refractivity contribution in [3.05, 3.63) is 93.3 Å². The standard InChI is InChI=1S/C20H17N3O3/c1-14-12-15(2)22(21-14)19(20(24)17-6-4-3-5-7-17)13-16-8-10-18(11-9-16)23(25)26/h3-13H,1-2H3/b19-13-. The summed E-state index contributed by atoms with van der Waals surface area (Å²) in [7, 11) is 0. The maximum Gasteiger partial charge on any atom is 0.269 e. The monoisotopic (exact) mass is 347 g/mol. The lowest BCUT2D eigenvalue weighted by Crippen LogP contribution is -2.12. The van der Waals surface area contributed by atoms with Crippen LogP contribution in [-0.2, 0) is 0 Å². The van der Waals surface area contributed by atoms with E-state index in [1.165, 1.54) is 12.1 Å². The Morgan fingerprint density at radius 3 is 2.27 bits per heavy atom. The molecule has 1 heterocycles. The number of carbonyl (C=O) groups excluding carboxylic acids is 1. The summed E-state index contributed by atoms with van der Waals surface area (Å²) >= 11 is 0.